The SMILES string of the molecule is C[C@@H](NCc1sccc1N)c1ccc(F)cc1. The van der Waals surface area contributed by atoms with Gasteiger partial charge in [-0.15, -0.1) is 11.3 Å². The highest BCUT2D eigenvalue weighted by molar-refractivity contribution is 7.10. The molecule has 2 aromatic rings. The van der Waals surface area contributed by atoms with E-state index in [1.165, 1.54) is 12.1 Å². The molecule has 0 aliphatic heterocycles. The third kappa shape index (κ3) is 3.05. The summed E-state index contributed by atoms with van der Waals surface area (Å²) in [4.78, 5) is 1.14. The van der Waals surface area contributed by atoms with E-state index in [9.17, 15) is 4.39 Å². The Morgan fingerprint density at radius 3 is 2.59 bits per heavy atom. The summed E-state index contributed by atoms with van der Waals surface area (Å²) in [6.45, 7) is 2.79. The number of nitrogen functional groups attached to an aromatic ring is 1. The summed E-state index contributed by atoms with van der Waals surface area (Å²) in [6, 6.07) is 8.64. The van der Waals surface area contributed by atoms with E-state index >= 15 is 0 Å². The first-order valence-corrected chi connectivity index (χ1v) is 6.35. The van der Waals surface area contributed by atoms with E-state index in [2.05, 4.69) is 12.2 Å². The molecule has 0 amide bonds. The van der Waals surface area contributed by atoms with E-state index in [0.717, 1.165) is 22.7 Å². The second-order valence-electron chi connectivity index (χ2n) is 3.95. The van der Waals surface area contributed by atoms with Crippen LogP contribution in [0.15, 0.2) is 35.7 Å². The number of thiophene rings is 1. The molecule has 0 saturated carbocycles. The molecular formula is C13H15FN2S. The molecule has 0 spiro atoms. The van der Waals surface area contributed by atoms with Crippen molar-refractivity contribution in [3.05, 3.63) is 52.0 Å². The van der Waals surface area contributed by atoms with Gasteiger partial charge in [-0.25, -0.2) is 4.39 Å². The van der Waals surface area contributed by atoms with Crippen LogP contribution in [0.3, 0.4) is 0 Å². The zero-order chi connectivity index (χ0) is 12.3. The number of rotatable bonds is 4. The standard InChI is InChI=1S/C13H15FN2S/c1-9(10-2-4-11(14)5-3-10)16-8-13-12(15)6-7-17-13/h2-7,9,16H,8,15H2,1H3/t9-/m1/s1. The Morgan fingerprint density at radius 2 is 2.00 bits per heavy atom. The van der Waals surface area contributed by atoms with Crippen LogP contribution in [0.2, 0.25) is 0 Å². The topological polar surface area (TPSA) is 38.0 Å². The average molecular weight is 250 g/mol. The second kappa shape index (κ2) is 5.29. The molecule has 0 radical (unpaired) electrons. The third-order valence-electron chi connectivity index (χ3n) is 2.72. The number of nitrogens with one attached hydrogen (secondary N) is 1. The Hall–Kier alpha value is -1.39. The van der Waals surface area contributed by atoms with Crippen molar-refractivity contribution in [2.75, 3.05) is 5.73 Å². The number of benzene rings is 1. The molecule has 0 saturated heterocycles. The van der Waals surface area contributed by atoms with Crippen molar-refractivity contribution in [3.8, 4) is 0 Å². The average Bonchev–Trinajstić information content (AvgIpc) is 2.73. The lowest BCUT2D eigenvalue weighted by Crippen LogP contribution is -2.17. The van der Waals surface area contributed by atoms with E-state index in [-0.39, 0.29) is 11.9 Å². The summed E-state index contributed by atoms with van der Waals surface area (Å²) in [5, 5.41) is 5.35. The first kappa shape index (κ1) is 12.1. The van der Waals surface area contributed by atoms with Gasteiger partial charge in [-0.3, -0.25) is 0 Å². The quantitative estimate of drug-likeness (QED) is 0.873. The Morgan fingerprint density at radius 1 is 1.29 bits per heavy atom. The summed E-state index contributed by atoms with van der Waals surface area (Å²) < 4.78 is 12.8. The smallest absolute Gasteiger partial charge is 0.123 e. The van der Waals surface area contributed by atoms with Crippen molar-refractivity contribution < 1.29 is 4.39 Å². The maximum Gasteiger partial charge on any atom is 0.123 e. The molecule has 17 heavy (non-hydrogen) atoms. The number of halogens is 1. The van der Waals surface area contributed by atoms with Gasteiger partial charge in [0.25, 0.3) is 0 Å². The van der Waals surface area contributed by atoms with Crippen LogP contribution in [0.5, 0.6) is 0 Å². The van der Waals surface area contributed by atoms with Crippen molar-refractivity contribution in [1.82, 2.24) is 5.32 Å². The second-order valence-corrected chi connectivity index (χ2v) is 4.95. The van der Waals surface area contributed by atoms with Gasteiger partial charge in [-0.1, -0.05) is 12.1 Å². The highest BCUT2D eigenvalue weighted by Crippen LogP contribution is 2.20. The minimum absolute atomic E-state index is 0.178. The highest BCUT2D eigenvalue weighted by atomic mass is 32.1. The lowest BCUT2D eigenvalue weighted by atomic mass is 10.1. The summed E-state index contributed by atoms with van der Waals surface area (Å²) >= 11 is 1.64. The van der Waals surface area contributed by atoms with Gasteiger partial charge in [-0.2, -0.15) is 0 Å². The van der Waals surface area contributed by atoms with Crippen LogP contribution in [-0.4, -0.2) is 0 Å². The van der Waals surface area contributed by atoms with Gasteiger partial charge in [0.15, 0.2) is 0 Å². The number of nitrogens with two attached hydrogens (primary N) is 1. The fourth-order valence-electron chi connectivity index (χ4n) is 1.61. The van der Waals surface area contributed by atoms with Crippen molar-refractivity contribution >= 4 is 17.0 Å². The number of hydrogen-bond acceptors (Lipinski definition) is 3. The Bertz CT molecular complexity index is 478. The Labute approximate surface area is 104 Å². The van der Waals surface area contributed by atoms with E-state index in [4.69, 9.17) is 5.73 Å². The summed E-state index contributed by atoms with van der Waals surface area (Å²) in [5.74, 6) is -0.205. The Kier molecular flexibility index (Phi) is 3.76. The fourth-order valence-corrected chi connectivity index (χ4v) is 2.36. The third-order valence-corrected chi connectivity index (χ3v) is 3.66. The maximum absolute atomic E-state index is 12.8. The van der Waals surface area contributed by atoms with Gasteiger partial charge in [0, 0.05) is 23.2 Å². The van der Waals surface area contributed by atoms with Crippen LogP contribution in [0.1, 0.15) is 23.4 Å². The molecule has 0 fully saturated rings. The molecule has 4 heteroatoms. The molecule has 1 aromatic heterocycles. The van der Waals surface area contributed by atoms with E-state index in [1.807, 2.05) is 11.4 Å². The first-order chi connectivity index (χ1) is 8.16. The van der Waals surface area contributed by atoms with Gasteiger partial charge in [-0.05, 0) is 36.1 Å². The first-order valence-electron chi connectivity index (χ1n) is 5.47. The molecule has 1 atom stereocenters. The molecule has 2 rings (SSSR count). The van der Waals surface area contributed by atoms with Crippen molar-refractivity contribution in [1.29, 1.82) is 0 Å². The van der Waals surface area contributed by atoms with Gasteiger partial charge < -0.3 is 11.1 Å². The fraction of sp³-hybridized carbons (Fsp3) is 0.231. The van der Waals surface area contributed by atoms with Gasteiger partial charge >= 0.3 is 0 Å². The zero-order valence-electron chi connectivity index (χ0n) is 9.61. The van der Waals surface area contributed by atoms with Crippen LogP contribution >= 0.6 is 11.3 Å². The van der Waals surface area contributed by atoms with Crippen molar-refractivity contribution in [2.24, 2.45) is 0 Å². The molecule has 3 N–H and O–H groups in total. The zero-order valence-corrected chi connectivity index (χ0v) is 10.4. The van der Waals surface area contributed by atoms with Crippen LogP contribution in [0.4, 0.5) is 10.1 Å². The van der Waals surface area contributed by atoms with Crippen LogP contribution in [-0.2, 0) is 6.54 Å². The predicted molar refractivity (Wildman–Crippen MR) is 70.4 cm³/mol. The van der Waals surface area contributed by atoms with Gasteiger partial charge in [0.05, 0.1) is 0 Å². The predicted octanol–water partition coefficient (Wildman–Crippen LogP) is 3.32. The molecule has 0 unspecified atom stereocenters. The normalized spacial score (nSPS) is 12.6. The number of anilines is 1. The van der Waals surface area contributed by atoms with Crippen molar-refractivity contribution in [2.45, 2.75) is 19.5 Å². The van der Waals surface area contributed by atoms with E-state index in [0.29, 0.717) is 0 Å². The molecule has 0 aliphatic carbocycles. The summed E-state index contributed by atoms with van der Waals surface area (Å²) in [5.41, 5.74) is 7.70. The van der Waals surface area contributed by atoms with Crippen LogP contribution in [0, 0.1) is 5.82 Å². The highest BCUT2D eigenvalue weighted by Gasteiger charge is 2.06. The maximum atomic E-state index is 12.8. The molecule has 1 aromatic carbocycles. The molecular weight excluding hydrogens is 235 g/mol. The van der Waals surface area contributed by atoms with Gasteiger partial charge in [0.1, 0.15) is 5.82 Å². The van der Waals surface area contributed by atoms with E-state index in [1.54, 1.807) is 23.5 Å². The van der Waals surface area contributed by atoms with Crippen LogP contribution in [0.25, 0.3) is 0 Å². The molecule has 2 nitrogen and oxygen atoms in total. The lowest BCUT2D eigenvalue weighted by molar-refractivity contribution is 0.575. The van der Waals surface area contributed by atoms with Crippen LogP contribution < -0.4 is 11.1 Å². The number of hydrogen-bond donors (Lipinski definition) is 2. The Balaban J connectivity index is 1.95. The van der Waals surface area contributed by atoms with Gasteiger partial charge in [0.2, 0.25) is 0 Å². The summed E-state index contributed by atoms with van der Waals surface area (Å²) in [7, 11) is 0. The lowest BCUT2D eigenvalue weighted by Gasteiger charge is -2.13. The van der Waals surface area contributed by atoms with Crippen molar-refractivity contribution in [3.63, 3.8) is 0 Å². The molecule has 0 aliphatic rings. The molecule has 90 valence electrons. The largest absolute Gasteiger partial charge is 0.398 e. The van der Waals surface area contributed by atoms with E-state index < -0.39 is 0 Å². The monoisotopic (exact) mass is 250 g/mol. The molecule has 0 bridgehead atoms. The molecule has 1 heterocycles. The minimum atomic E-state index is -0.205. The summed E-state index contributed by atoms with van der Waals surface area (Å²) in [6.07, 6.45) is 0. The minimum Gasteiger partial charge on any atom is -0.398 e.